The Morgan fingerprint density at radius 1 is 1.32 bits per heavy atom. The second kappa shape index (κ2) is 7.36. The number of hydrogen-bond acceptors (Lipinski definition) is 2. The van der Waals surface area contributed by atoms with Crippen LogP contribution < -0.4 is 5.32 Å². The Hall–Kier alpha value is -1.26. The van der Waals surface area contributed by atoms with Crippen LogP contribution in [-0.2, 0) is 4.79 Å². The van der Waals surface area contributed by atoms with Crippen LogP contribution in [0.25, 0.3) is 0 Å². The lowest BCUT2D eigenvalue weighted by molar-refractivity contribution is -0.139. The van der Waals surface area contributed by atoms with Crippen LogP contribution in [0.3, 0.4) is 0 Å². The summed E-state index contributed by atoms with van der Waals surface area (Å²) in [7, 11) is 0. The summed E-state index contributed by atoms with van der Waals surface area (Å²) in [5.41, 5.74) is 0. The van der Waals surface area contributed by atoms with Crippen LogP contribution in [0.1, 0.15) is 59.3 Å². The summed E-state index contributed by atoms with van der Waals surface area (Å²) in [6.45, 7) is 6.06. The van der Waals surface area contributed by atoms with Crippen molar-refractivity contribution in [1.29, 1.82) is 0 Å². The SMILES string of the molecule is CCCCC(NC(=O)N1[C@H](C)CCC[C@@H]1C)C(=O)O. The van der Waals surface area contributed by atoms with Crippen molar-refractivity contribution in [1.82, 2.24) is 10.2 Å². The van der Waals surface area contributed by atoms with Gasteiger partial charge < -0.3 is 15.3 Å². The quantitative estimate of drug-likeness (QED) is 0.806. The molecule has 110 valence electrons. The van der Waals surface area contributed by atoms with Crippen LogP contribution in [0.15, 0.2) is 0 Å². The third kappa shape index (κ3) is 4.40. The van der Waals surface area contributed by atoms with E-state index in [-0.39, 0.29) is 18.1 Å². The standard InChI is InChI=1S/C14H26N2O3/c1-4-5-9-12(13(17)18)15-14(19)16-10(2)7-6-8-11(16)3/h10-12H,4-9H2,1-3H3,(H,15,19)(H,17,18)/t10-,11+,12?. The van der Waals surface area contributed by atoms with E-state index in [1.165, 1.54) is 0 Å². The first-order valence-corrected chi connectivity index (χ1v) is 7.29. The van der Waals surface area contributed by atoms with E-state index in [0.29, 0.717) is 6.42 Å². The molecule has 1 saturated heterocycles. The van der Waals surface area contributed by atoms with Gasteiger partial charge in [-0.1, -0.05) is 19.8 Å². The lowest BCUT2D eigenvalue weighted by atomic mass is 9.98. The third-order valence-corrected chi connectivity index (χ3v) is 3.87. The van der Waals surface area contributed by atoms with Crippen LogP contribution in [0, 0.1) is 0 Å². The number of carbonyl (C=O) groups is 2. The largest absolute Gasteiger partial charge is 0.480 e. The van der Waals surface area contributed by atoms with Crippen molar-refractivity contribution in [3.63, 3.8) is 0 Å². The zero-order chi connectivity index (χ0) is 14.4. The van der Waals surface area contributed by atoms with Crippen LogP contribution in [0.5, 0.6) is 0 Å². The number of piperidine rings is 1. The number of hydrogen-bond donors (Lipinski definition) is 2. The van der Waals surface area contributed by atoms with Gasteiger partial charge in [-0.05, 0) is 39.5 Å². The van der Waals surface area contributed by atoms with Gasteiger partial charge in [0.1, 0.15) is 6.04 Å². The van der Waals surface area contributed by atoms with E-state index >= 15 is 0 Å². The first-order valence-electron chi connectivity index (χ1n) is 7.29. The molecule has 0 bridgehead atoms. The van der Waals surface area contributed by atoms with Gasteiger partial charge in [0.15, 0.2) is 0 Å². The number of rotatable bonds is 5. The van der Waals surface area contributed by atoms with Crippen molar-refractivity contribution in [3.8, 4) is 0 Å². The highest BCUT2D eigenvalue weighted by atomic mass is 16.4. The van der Waals surface area contributed by atoms with E-state index in [9.17, 15) is 9.59 Å². The molecule has 1 aliphatic rings. The Labute approximate surface area is 115 Å². The molecule has 2 N–H and O–H groups in total. The fourth-order valence-electron chi connectivity index (χ4n) is 2.71. The number of aliphatic carboxylic acids is 1. The third-order valence-electron chi connectivity index (χ3n) is 3.87. The molecule has 3 atom stereocenters. The van der Waals surface area contributed by atoms with Crippen molar-refractivity contribution >= 4 is 12.0 Å². The van der Waals surface area contributed by atoms with Gasteiger partial charge in [0.2, 0.25) is 0 Å². The summed E-state index contributed by atoms with van der Waals surface area (Å²) >= 11 is 0. The minimum Gasteiger partial charge on any atom is -0.480 e. The molecule has 5 heteroatoms. The van der Waals surface area contributed by atoms with Gasteiger partial charge in [-0.25, -0.2) is 9.59 Å². The van der Waals surface area contributed by atoms with Crippen LogP contribution >= 0.6 is 0 Å². The summed E-state index contributed by atoms with van der Waals surface area (Å²) < 4.78 is 0. The van der Waals surface area contributed by atoms with E-state index in [1.54, 1.807) is 4.90 Å². The molecule has 1 fully saturated rings. The van der Waals surface area contributed by atoms with Gasteiger partial charge >= 0.3 is 12.0 Å². The fourth-order valence-corrected chi connectivity index (χ4v) is 2.71. The molecule has 0 radical (unpaired) electrons. The summed E-state index contributed by atoms with van der Waals surface area (Å²) in [5, 5.41) is 11.8. The number of carbonyl (C=O) groups excluding carboxylic acids is 1. The summed E-state index contributed by atoms with van der Waals surface area (Å²) in [5.74, 6) is -0.945. The molecule has 0 spiro atoms. The van der Waals surface area contributed by atoms with Crippen LogP contribution in [0.2, 0.25) is 0 Å². The molecule has 0 aromatic heterocycles. The zero-order valence-corrected chi connectivity index (χ0v) is 12.2. The molecule has 0 saturated carbocycles. The van der Waals surface area contributed by atoms with E-state index in [1.807, 2.05) is 20.8 Å². The number of urea groups is 1. The molecule has 1 unspecified atom stereocenters. The van der Waals surface area contributed by atoms with E-state index < -0.39 is 12.0 Å². The van der Waals surface area contributed by atoms with Crippen molar-refractivity contribution < 1.29 is 14.7 Å². The fraction of sp³-hybridized carbons (Fsp3) is 0.857. The maximum absolute atomic E-state index is 12.2. The molecule has 2 amide bonds. The predicted octanol–water partition coefficient (Wildman–Crippen LogP) is 2.60. The number of amides is 2. The van der Waals surface area contributed by atoms with Crippen LogP contribution in [-0.4, -0.2) is 40.1 Å². The minimum atomic E-state index is -0.945. The monoisotopic (exact) mass is 270 g/mol. The summed E-state index contributed by atoms with van der Waals surface area (Å²) in [6.07, 6.45) is 5.34. The molecular weight excluding hydrogens is 244 g/mol. The molecule has 0 aliphatic carbocycles. The van der Waals surface area contributed by atoms with Crippen molar-refractivity contribution in [2.75, 3.05) is 0 Å². The molecule has 0 aromatic carbocycles. The van der Waals surface area contributed by atoms with Gasteiger partial charge in [0.05, 0.1) is 0 Å². The highest BCUT2D eigenvalue weighted by Crippen LogP contribution is 2.22. The summed E-state index contributed by atoms with van der Waals surface area (Å²) in [6, 6.07) is -0.634. The van der Waals surface area contributed by atoms with Crippen molar-refractivity contribution in [2.45, 2.75) is 77.4 Å². The smallest absolute Gasteiger partial charge is 0.326 e. The zero-order valence-electron chi connectivity index (χ0n) is 12.2. The second-order valence-electron chi connectivity index (χ2n) is 5.52. The van der Waals surface area contributed by atoms with E-state index in [0.717, 1.165) is 32.1 Å². The maximum Gasteiger partial charge on any atom is 0.326 e. The first kappa shape index (κ1) is 15.8. The Bertz CT molecular complexity index is 310. The lowest BCUT2D eigenvalue weighted by Crippen LogP contribution is -2.55. The van der Waals surface area contributed by atoms with Gasteiger partial charge in [-0.15, -0.1) is 0 Å². The summed E-state index contributed by atoms with van der Waals surface area (Å²) in [4.78, 5) is 25.2. The number of unbranched alkanes of at least 4 members (excludes halogenated alkanes) is 1. The Morgan fingerprint density at radius 3 is 2.37 bits per heavy atom. The minimum absolute atomic E-state index is 0.185. The number of carboxylic acids is 1. The molecule has 1 heterocycles. The van der Waals surface area contributed by atoms with Gasteiger partial charge in [-0.3, -0.25) is 0 Å². The average molecular weight is 270 g/mol. The lowest BCUT2D eigenvalue weighted by Gasteiger charge is -2.39. The maximum atomic E-state index is 12.2. The van der Waals surface area contributed by atoms with Crippen molar-refractivity contribution in [3.05, 3.63) is 0 Å². The number of nitrogens with one attached hydrogen (secondary N) is 1. The number of nitrogens with zero attached hydrogens (tertiary/aromatic N) is 1. The van der Waals surface area contributed by atoms with E-state index in [2.05, 4.69) is 5.32 Å². The molecule has 1 aliphatic heterocycles. The molecule has 19 heavy (non-hydrogen) atoms. The topological polar surface area (TPSA) is 69.6 Å². The predicted molar refractivity (Wildman–Crippen MR) is 74.1 cm³/mol. The molecule has 1 rings (SSSR count). The molecule has 0 aromatic rings. The highest BCUT2D eigenvalue weighted by molar-refractivity contribution is 5.82. The second-order valence-corrected chi connectivity index (χ2v) is 5.52. The van der Waals surface area contributed by atoms with Gasteiger partial charge in [0.25, 0.3) is 0 Å². The Balaban J connectivity index is 2.62. The van der Waals surface area contributed by atoms with Crippen LogP contribution in [0.4, 0.5) is 4.79 Å². The van der Waals surface area contributed by atoms with Gasteiger partial charge in [-0.2, -0.15) is 0 Å². The first-order chi connectivity index (χ1) is 8.97. The normalized spacial score (nSPS) is 24.9. The Morgan fingerprint density at radius 2 is 1.89 bits per heavy atom. The van der Waals surface area contributed by atoms with Crippen molar-refractivity contribution in [2.24, 2.45) is 0 Å². The number of likely N-dealkylation sites (tertiary alicyclic amines) is 1. The average Bonchev–Trinajstić information content (AvgIpc) is 2.33. The Kier molecular flexibility index (Phi) is 6.12. The molecular formula is C14H26N2O3. The number of carboxylic acid groups (broad SMARTS) is 1. The molecule has 5 nitrogen and oxygen atoms in total. The van der Waals surface area contributed by atoms with E-state index in [4.69, 9.17) is 5.11 Å². The van der Waals surface area contributed by atoms with Gasteiger partial charge in [0, 0.05) is 12.1 Å². The highest BCUT2D eigenvalue weighted by Gasteiger charge is 2.31.